The Morgan fingerprint density at radius 2 is 0.429 bits per heavy atom. The molecule has 0 unspecified atom stereocenters. The fraction of sp³-hybridized carbons (Fsp3) is 0. The van der Waals surface area contributed by atoms with Gasteiger partial charge in [-0.2, -0.15) is 0 Å². The molecule has 0 aromatic heterocycles. The van der Waals surface area contributed by atoms with Gasteiger partial charge in [0.05, 0.1) is 0 Å². The van der Waals surface area contributed by atoms with E-state index in [1.165, 1.54) is 0 Å². The van der Waals surface area contributed by atoms with E-state index in [1.54, 1.807) is 0 Å². The Morgan fingerprint density at radius 3 is 0.429 bits per heavy atom. The van der Waals surface area contributed by atoms with Crippen molar-refractivity contribution < 1.29 is 32.0 Å². The molecular formula is H10N4O2Pt-4. The molecular weight excluding hydrogens is 283 g/mol. The van der Waals surface area contributed by atoms with Crippen LogP contribution in [0.5, 0.6) is 0 Å². The monoisotopic (exact) mass is 293 g/mol. The molecule has 0 spiro atoms. The first-order chi connectivity index (χ1) is 0. The molecule has 0 aliphatic heterocycles. The third-order valence-electron chi connectivity index (χ3n) is 0. The summed E-state index contributed by atoms with van der Waals surface area (Å²) in [6.07, 6.45) is 0. The molecule has 0 saturated heterocycles. The Labute approximate surface area is 57.3 Å². The second-order valence-corrected chi connectivity index (χ2v) is 0. The molecule has 0 saturated carbocycles. The van der Waals surface area contributed by atoms with Crippen molar-refractivity contribution in [1.82, 2.24) is 0 Å². The van der Waals surface area contributed by atoms with Crippen LogP contribution in [0.15, 0.2) is 0 Å². The minimum Gasteiger partial charge on any atom is -0.870 e. The van der Waals surface area contributed by atoms with Crippen molar-refractivity contribution in [2.75, 3.05) is 0 Å². The zero-order valence-electron chi connectivity index (χ0n) is 3.52. The van der Waals surface area contributed by atoms with E-state index in [4.69, 9.17) is 0 Å². The molecule has 56 valence electrons. The van der Waals surface area contributed by atoms with Crippen LogP contribution >= 0.6 is 0 Å². The molecule has 0 aliphatic carbocycles. The average Bonchev–Trinajstić information content (AvgIpc) is 0. The summed E-state index contributed by atoms with van der Waals surface area (Å²) in [6, 6.07) is 0. The Bertz CT molecular complexity index is 9.65. The summed E-state index contributed by atoms with van der Waals surface area (Å²) in [7, 11) is 0. The van der Waals surface area contributed by atoms with Gasteiger partial charge >= 0.3 is 21.1 Å². The maximum absolute atomic E-state index is 0. The molecule has 0 atom stereocenters. The zero-order chi connectivity index (χ0) is 0. The van der Waals surface area contributed by atoms with Crippen LogP contribution in [-0.2, 0) is 21.1 Å². The summed E-state index contributed by atoms with van der Waals surface area (Å²) in [6.45, 7) is 0. The maximum Gasteiger partial charge on any atom is 2.00 e. The summed E-state index contributed by atoms with van der Waals surface area (Å²) < 4.78 is 0. The summed E-state index contributed by atoms with van der Waals surface area (Å²) in [5.74, 6) is 0. The summed E-state index contributed by atoms with van der Waals surface area (Å²) >= 11 is 0. The standard InChI is InChI=1S/4H2N.2H2O.Pt/h6*1H2;/q4*-1;;;+2/p-2. The Kier molecular flexibility index (Phi) is 210000. The molecule has 0 amide bonds. The van der Waals surface area contributed by atoms with Crippen molar-refractivity contribution in [1.29, 1.82) is 0 Å². The molecule has 6 nitrogen and oxygen atoms in total. The van der Waals surface area contributed by atoms with Crippen molar-refractivity contribution in [2.45, 2.75) is 0 Å². The van der Waals surface area contributed by atoms with E-state index in [0.717, 1.165) is 0 Å². The topological polar surface area (TPSA) is 194 Å². The fourth-order valence-corrected chi connectivity index (χ4v) is 0. The SMILES string of the molecule is [NH2-].[NH2-].[NH2-].[NH2-].[OH-].[OH-].[Pt+2]. The predicted octanol–water partition coefficient (Wildman–Crippen LogP) is 2.51. The van der Waals surface area contributed by atoms with E-state index >= 15 is 0 Å². The second kappa shape index (κ2) is 952. The fourth-order valence-electron chi connectivity index (χ4n) is 0. The van der Waals surface area contributed by atoms with Crippen LogP contribution in [0.1, 0.15) is 0 Å². The van der Waals surface area contributed by atoms with E-state index in [1.807, 2.05) is 0 Å². The van der Waals surface area contributed by atoms with Crippen LogP contribution in [0.3, 0.4) is 0 Å². The third-order valence-corrected chi connectivity index (χ3v) is 0. The number of hydrogen-bond acceptors (Lipinski definition) is 2. The molecule has 7 heteroatoms. The average molecular weight is 293 g/mol. The van der Waals surface area contributed by atoms with Crippen LogP contribution in [0, 0.1) is 0 Å². The number of hydrogen-bond donors (Lipinski definition) is 0. The maximum atomic E-state index is 0. The Balaban J connectivity index is 0. The summed E-state index contributed by atoms with van der Waals surface area (Å²) in [4.78, 5) is 0. The first kappa shape index (κ1) is 1540. The van der Waals surface area contributed by atoms with Gasteiger partial charge in [-0.05, 0) is 0 Å². The number of rotatable bonds is 0. The molecule has 0 radical (unpaired) electrons. The van der Waals surface area contributed by atoms with E-state index in [-0.39, 0.29) is 56.6 Å². The molecule has 0 bridgehead atoms. The van der Waals surface area contributed by atoms with Gasteiger partial charge in [-0.25, -0.2) is 0 Å². The molecule has 0 aromatic rings. The first-order valence-corrected chi connectivity index (χ1v) is 0. The summed E-state index contributed by atoms with van der Waals surface area (Å²) in [5, 5.41) is 0. The van der Waals surface area contributed by atoms with Crippen LogP contribution < -0.4 is 0 Å². The van der Waals surface area contributed by atoms with Crippen molar-refractivity contribution in [3.8, 4) is 0 Å². The number of nitrogens with two attached hydrogens (primary N) is 4. The van der Waals surface area contributed by atoms with Gasteiger partial charge in [0, 0.05) is 0 Å². The van der Waals surface area contributed by atoms with Gasteiger partial charge in [0.1, 0.15) is 0 Å². The second-order valence-electron chi connectivity index (χ2n) is 0. The van der Waals surface area contributed by atoms with Crippen LogP contribution in [0.25, 0.3) is 24.6 Å². The van der Waals surface area contributed by atoms with Gasteiger partial charge in [-0.1, -0.05) is 0 Å². The van der Waals surface area contributed by atoms with E-state index < -0.39 is 0 Å². The third kappa shape index (κ3) is 635. The van der Waals surface area contributed by atoms with E-state index in [2.05, 4.69) is 0 Å². The van der Waals surface area contributed by atoms with Crippen LogP contribution in [0.2, 0.25) is 0 Å². The van der Waals surface area contributed by atoms with Gasteiger partial charge < -0.3 is 35.6 Å². The van der Waals surface area contributed by atoms with Gasteiger partial charge in [0.2, 0.25) is 0 Å². The minimum atomic E-state index is 0. The van der Waals surface area contributed by atoms with E-state index in [0.29, 0.717) is 0 Å². The Morgan fingerprint density at radius 1 is 0.429 bits per heavy atom. The van der Waals surface area contributed by atoms with Crippen LogP contribution in [-0.4, -0.2) is 11.0 Å². The molecule has 7 heavy (non-hydrogen) atoms. The summed E-state index contributed by atoms with van der Waals surface area (Å²) in [5.41, 5.74) is 0. The Hall–Kier alpha value is 0.448. The van der Waals surface area contributed by atoms with Gasteiger partial charge in [0.25, 0.3) is 0 Å². The van der Waals surface area contributed by atoms with Crippen molar-refractivity contribution in [3.63, 3.8) is 0 Å². The molecule has 0 rings (SSSR count). The predicted molar refractivity (Wildman–Crippen MR) is 25.0 cm³/mol. The molecule has 0 aromatic carbocycles. The minimum absolute atomic E-state index is 0. The molecule has 0 aliphatic rings. The van der Waals surface area contributed by atoms with Gasteiger partial charge in [-0.3, -0.25) is 0 Å². The molecule has 0 fully saturated rings. The smallest absolute Gasteiger partial charge is 0.870 e. The quantitative estimate of drug-likeness (QED) is 0.662. The largest absolute Gasteiger partial charge is 2.00 e. The molecule has 0 heterocycles. The zero-order valence-corrected chi connectivity index (χ0v) is 5.79. The van der Waals surface area contributed by atoms with Gasteiger partial charge in [0.15, 0.2) is 0 Å². The first-order valence-electron chi connectivity index (χ1n) is 0. The van der Waals surface area contributed by atoms with Crippen molar-refractivity contribution in [2.24, 2.45) is 0 Å². The van der Waals surface area contributed by atoms with E-state index in [9.17, 15) is 0 Å². The van der Waals surface area contributed by atoms with Crippen molar-refractivity contribution in [3.05, 3.63) is 24.6 Å². The van der Waals surface area contributed by atoms with Crippen molar-refractivity contribution >= 4 is 0 Å². The molecule has 10 N–H and O–H groups in total. The van der Waals surface area contributed by atoms with Gasteiger partial charge in [-0.15, -0.1) is 0 Å². The van der Waals surface area contributed by atoms with Crippen LogP contribution in [0.4, 0.5) is 0 Å². The normalized spacial score (nSPS) is 0.